The van der Waals surface area contributed by atoms with Gasteiger partial charge in [0.25, 0.3) is 6.43 Å². The fourth-order valence-corrected chi connectivity index (χ4v) is 1.57. The fraction of sp³-hybridized carbons (Fsp3) is 0.583. The number of nitrogens with zero attached hydrogens (tertiary/aromatic N) is 2. The van der Waals surface area contributed by atoms with Crippen LogP contribution in [0.15, 0.2) is 12.3 Å². The quantitative estimate of drug-likeness (QED) is 0.764. The summed E-state index contributed by atoms with van der Waals surface area (Å²) in [5, 5.41) is 3.06. The number of anilines is 1. The number of aromatic nitrogens is 1. The van der Waals surface area contributed by atoms with E-state index < -0.39 is 18.8 Å². The van der Waals surface area contributed by atoms with E-state index in [9.17, 15) is 13.2 Å². The van der Waals surface area contributed by atoms with Crippen LogP contribution in [-0.4, -0.2) is 31.5 Å². The Bertz CT molecular complexity index is 372. The lowest BCUT2D eigenvalue weighted by atomic mass is 10.2. The van der Waals surface area contributed by atoms with E-state index in [4.69, 9.17) is 0 Å². The number of pyridine rings is 1. The summed E-state index contributed by atoms with van der Waals surface area (Å²) in [5.41, 5.74) is 0.439. The SMILES string of the molecule is CCCNCc1ccnc(N(C)CC(F)F)c1F. The van der Waals surface area contributed by atoms with Crippen molar-refractivity contribution in [3.05, 3.63) is 23.6 Å². The molecule has 0 bridgehead atoms. The smallest absolute Gasteiger partial charge is 0.255 e. The van der Waals surface area contributed by atoms with Crippen molar-refractivity contribution >= 4 is 5.82 Å². The Morgan fingerprint density at radius 2 is 2.17 bits per heavy atom. The van der Waals surface area contributed by atoms with Gasteiger partial charge in [-0.2, -0.15) is 0 Å². The van der Waals surface area contributed by atoms with Gasteiger partial charge in [0, 0.05) is 25.4 Å². The summed E-state index contributed by atoms with van der Waals surface area (Å²) >= 11 is 0. The fourth-order valence-electron chi connectivity index (χ4n) is 1.57. The van der Waals surface area contributed by atoms with Gasteiger partial charge in [-0.15, -0.1) is 0 Å². The third-order valence-electron chi connectivity index (χ3n) is 2.47. The third kappa shape index (κ3) is 4.18. The topological polar surface area (TPSA) is 28.2 Å². The van der Waals surface area contributed by atoms with Crippen molar-refractivity contribution < 1.29 is 13.2 Å². The van der Waals surface area contributed by atoms with Crippen LogP contribution < -0.4 is 10.2 Å². The molecule has 0 spiro atoms. The highest BCUT2D eigenvalue weighted by Crippen LogP contribution is 2.19. The number of alkyl halides is 2. The molecule has 0 radical (unpaired) electrons. The molecule has 0 aliphatic carbocycles. The first kappa shape index (κ1) is 14.8. The maximum atomic E-state index is 14.0. The molecule has 0 aliphatic heterocycles. The van der Waals surface area contributed by atoms with Crippen LogP contribution >= 0.6 is 0 Å². The zero-order valence-electron chi connectivity index (χ0n) is 10.6. The number of halogens is 3. The second-order valence-corrected chi connectivity index (χ2v) is 4.06. The lowest BCUT2D eigenvalue weighted by Crippen LogP contribution is -2.26. The van der Waals surface area contributed by atoms with E-state index >= 15 is 0 Å². The van der Waals surface area contributed by atoms with Crippen molar-refractivity contribution in [2.75, 3.05) is 25.0 Å². The second-order valence-electron chi connectivity index (χ2n) is 4.06. The molecule has 1 heterocycles. The van der Waals surface area contributed by atoms with Gasteiger partial charge < -0.3 is 10.2 Å². The molecule has 0 saturated carbocycles. The van der Waals surface area contributed by atoms with E-state index in [-0.39, 0.29) is 5.82 Å². The van der Waals surface area contributed by atoms with Crippen molar-refractivity contribution in [2.45, 2.75) is 26.3 Å². The predicted molar refractivity (Wildman–Crippen MR) is 65.5 cm³/mol. The highest BCUT2D eigenvalue weighted by atomic mass is 19.3. The van der Waals surface area contributed by atoms with Crippen LogP contribution in [0.3, 0.4) is 0 Å². The summed E-state index contributed by atoms with van der Waals surface area (Å²) < 4.78 is 38.5. The highest BCUT2D eigenvalue weighted by Gasteiger charge is 2.16. The standard InChI is InChI=1S/C12H18F3N3/c1-3-5-16-7-9-4-6-17-12(11(9)15)18(2)8-10(13)14/h4,6,10,16H,3,5,7-8H2,1-2H3. The van der Waals surface area contributed by atoms with Gasteiger partial charge in [0.2, 0.25) is 0 Å². The number of nitrogens with one attached hydrogen (secondary N) is 1. The Labute approximate surface area is 105 Å². The Morgan fingerprint density at radius 3 is 2.78 bits per heavy atom. The molecule has 3 nitrogen and oxygen atoms in total. The molecule has 0 aliphatic rings. The molecule has 1 rings (SSSR count). The van der Waals surface area contributed by atoms with Gasteiger partial charge in [0.15, 0.2) is 11.6 Å². The normalized spacial score (nSPS) is 11.0. The molecule has 0 fully saturated rings. The van der Waals surface area contributed by atoms with Crippen molar-refractivity contribution in [2.24, 2.45) is 0 Å². The van der Waals surface area contributed by atoms with E-state index in [1.54, 1.807) is 6.07 Å². The first-order chi connectivity index (χ1) is 8.56. The van der Waals surface area contributed by atoms with E-state index in [0.717, 1.165) is 17.9 Å². The van der Waals surface area contributed by atoms with Crippen LogP contribution in [0.2, 0.25) is 0 Å². The minimum Gasteiger partial charge on any atom is -0.352 e. The zero-order valence-corrected chi connectivity index (χ0v) is 10.6. The summed E-state index contributed by atoms with van der Waals surface area (Å²) in [6.07, 6.45) is -0.133. The van der Waals surface area contributed by atoms with Gasteiger partial charge in [-0.1, -0.05) is 6.92 Å². The summed E-state index contributed by atoms with van der Waals surface area (Å²) in [6, 6.07) is 1.55. The van der Waals surface area contributed by atoms with Crippen molar-refractivity contribution in [1.82, 2.24) is 10.3 Å². The van der Waals surface area contributed by atoms with E-state index in [1.807, 2.05) is 6.92 Å². The minimum atomic E-state index is -2.52. The monoisotopic (exact) mass is 261 g/mol. The third-order valence-corrected chi connectivity index (χ3v) is 2.47. The van der Waals surface area contributed by atoms with Crippen LogP contribution in [0.5, 0.6) is 0 Å². The van der Waals surface area contributed by atoms with Crippen molar-refractivity contribution in [3.8, 4) is 0 Å². The van der Waals surface area contributed by atoms with Gasteiger partial charge in [0.05, 0.1) is 6.54 Å². The first-order valence-corrected chi connectivity index (χ1v) is 5.89. The van der Waals surface area contributed by atoms with Gasteiger partial charge >= 0.3 is 0 Å². The molecule has 6 heteroatoms. The van der Waals surface area contributed by atoms with E-state index in [2.05, 4.69) is 10.3 Å². The van der Waals surface area contributed by atoms with Crippen LogP contribution in [0.4, 0.5) is 19.0 Å². The Morgan fingerprint density at radius 1 is 1.44 bits per heavy atom. The Kier molecular flexibility index (Phi) is 5.91. The molecule has 0 unspecified atom stereocenters. The molecule has 0 aromatic carbocycles. The average Bonchev–Trinajstić information content (AvgIpc) is 2.30. The summed E-state index contributed by atoms with van der Waals surface area (Å²) in [6.45, 7) is 2.63. The molecule has 1 aromatic rings. The molecule has 1 N–H and O–H groups in total. The molecular formula is C12H18F3N3. The minimum absolute atomic E-state index is 0.0360. The van der Waals surface area contributed by atoms with Crippen LogP contribution in [0.25, 0.3) is 0 Å². The maximum Gasteiger partial charge on any atom is 0.255 e. The average molecular weight is 261 g/mol. The molecule has 1 aromatic heterocycles. The van der Waals surface area contributed by atoms with E-state index in [1.165, 1.54) is 13.2 Å². The number of rotatable bonds is 7. The maximum absolute atomic E-state index is 14.0. The Hall–Kier alpha value is -1.30. The van der Waals surface area contributed by atoms with Crippen LogP contribution in [-0.2, 0) is 6.54 Å². The lowest BCUT2D eigenvalue weighted by molar-refractivity contribution is 0.156. The highest BCUT2D eigenvalue weighted by molar-refractivity contribution is 5.42. The van der Waals surface area contributed by atoms with Gasteiger partial charge in [-0.05, 0) is 19.0 Å². The van der Waals surface area contributed by atoms with Gasteiger partial charge in [-0.3, -0.25) is 0 Å². The van der Waals surface area contributed by atoms with Crippen molar-refractivity contribution in [3.63, 3.8) is 0 Å². The zero-order chi connectivity index (χ0) is 13.5. The van der Waals surface area contributed by atoms with Crippen LogP contribution in [0.1, 0.15) is 18.9 Å². The summed E-state index contributed by atoms with van der Waals surface area (Å²) in [4.78, 5) is 4.94. The molecule has 102 valence electrons. The van der Waals surface area contributed by atoms with Gasteiger partial charge in [-0.25, -0.2) is 18.2 Å². The summed E-state index contributed by atoms with van der Waals surface area (Å²) in [7, 11) is 1.40. The molecule has 0 atom stereocenters. The molecule has 18 heavy (non-hydrogen) atoms. The first-order valence-electron chi connectivity index (χ1n) is 5.89. The lowest BCUT2D eigenvalue weighted by Gasteiger charge is -2.19. The number of hydrogen-bond acceptors (Lipinski definition) is 3. The molecule has 0 saturated heterocycles. The van der Waals surface area contributed by atoms with E-state index in [0.29, 0.717) is 12.1 Å². The van der Waals surface area contributed by atoms with Crippen molar-refractivity contribution in [1.29, 1.82) is 0 Å². The second kappa shape index (κ2) is 7.20. The summed E-state index contributed by atoms with van der Waals surface area (Å²) in [5.74, 6) is -0.574. The number of hydrogen-bond donors (Lipinski definition) is 1. The largest absolute Gasteiger partial charge is 0.352 e. The van der Waals surface area contributed by atoms with Crippen LogP contribution in [0, 0.1) is 5.82 Å². The predicted octanol–water partition coefficient (Wildman–Crippen LogP) is 2.42. The molecule has 0 amide bonds. The molecular weight excluding hydrogens is 243 g/mol. The van der Waals surface area contributed by atoms with Gasteiger partial charge in [0.1, 0.15) is 0 Å². The Balaban J connectivity index is 2.77.